The fourth-order valence-corrected chi connectivity index (χ4v) is 3.43. The minimum absolute atomic E-state index is 0.0494. The van der Waals surface area contributed by atoms with Crippen LogP contribution in [0, 0.1) is 11.7 Å². The quantitative estimate of drug-likeness (QED) is 0.620. The van der Waals surface area contributed by atoms with Crippen molar-refractivity contribution in [3.8, 4) is 0 Å². The van der Waals surface area contributed by atoms with Crippen LogP contribution in [0.3, 0.4) is 0 Å². The van der Waals surface area contributed by atoms with Crippen molar-refractivity contribution in [1.29, 1.82) is 0 Å². The lowest BCUT2D eigenvalue weighted by molar-refractivity contribution is -0.133. The summed E-state index contributed by atoms with van der Waals surface area (Å²) < 4.78 is 13.2. The number of carbonyl (C=O) groups is 4. The van der Waals surface area contributed by atoms with E-state index in [1.165, 1.54) is 31.2 Å². The first kappa shape index (κ1) is 20.5. The summed E-state index contributed by atoms with van der Waals surface area (Å²) in [6.45, 7) is 1.02. The molecule has 1 heterocycles. The molecular weight excluding hydrogens is 403 g/mol. The molecule has 0 radical (unpaired) electrons. The minimum Gasteiger partial charge on any atom is -0.326 e. The standard InChI is InChI=1S/C22H21FN4O4/c1-22(14-7-9-15(23)10-8-14)20(30)27(21(31)26-22)12-18(28)24-16-3-2-4-17(11-16)25-19(29)13-5-6-13/h2-4,7-11,13H,5-6,12H2,1H3,(H,24,28)(H,25,29)(H,26,31). The van der Waals surface area contributed by atoms with Gasteiger partial charge in [0.25, 0.3) is 5.91 Å². The normalized spacial score (nSPS) is 20.4. The minimum atomic E-state index is -1.39. The largest absolute Gasteiger partial charge is 0.326 e. The van der Waals surface area contributed by atoms with Crippen LogP contribution in [0.2, 0.25) is 0 Å². The number of hydrogen-bond donors (Lipinski definition) is 3. The summed E-state index contributed by atoms with van der Waals surface area (Å²) in [4.78, 5) is 50.4. The van der Waals surface area contributed by atoms with E-state index in [4.69, 9.17) is 0 Å². The fraction of sp³-hybridized carbons (Fsp3) is 0.273. The summed E-state index contributed by atoms with van der Waals surface area (Å²) in [5.74, 6) is -1.64. The van der Waals surface area contributed by atoms with Gasteiger partial charge in [0.2, 0.25) is 11.8 Å². The molecule has 9 heteroatoms. The lowest BCUT2D eigenvalue weighted by atomic mass is 9.92. The van der Waals surface area contributed by atoms with Crippen molar-refractivity contribution < 1.29 is 23.6 Å². The Balaban J connectivity index is 1.41. The highest BCUT2D eigenvalue weighted by atomic mass is 19.1. The lowest BCUT2D eigenvalue weighted by Crippen LogP contribution is -2.42. The Morgan fingerprint density at radius 3 is 2.39 bits per heavy atom. The van der Waals surface area contributed by atoms with Crippen LogP contribution < -0.4 is 16.0 Å². The smallest absolute Gasteiger partial charge is 0.325 e. The monoisotopic (exact) mass is 424 g/mol. The molecule has 1 saturated carbocycles. The van der Waals surface area contributed by atoms with E-state index in [0.717, 1.165) is 17.7 Å². The third-order valence-corrected chi connectivity index (χ3v) is 5.36. The maximum absolute atomic E-state index is 13.2. The average molecular weight is 424 g/mol. The van der Waals surface area contributed by atoms with E-state index in [1.54, 1.807) is 24.3 Å². The molecule has 2 aromatic rings. The van der Waals surface area contributed by atoms with Crippen molar-refractivity contribution in [1.82, 2.24) is 10.2 Å². The van der Waals surface area contributed by atoms with Crippen LogP contribution >= 0.6 is 0 Å². The van der Waals surface area contributed by atoms with Gasteiger partial charge in [-0.05, 0) is 55.7 Å². The molecule has 1 saturated heterocycles. The van der Waals surface area contributed by atoms with Gasteiger partial charge >= 0.3 is 6.03 Å². The Morgan fingerprint density at radius 2 is 1.74 bits per heavy atom. The van der Waals surface area contributed by atoms with Gasteiger partial charge < -0.3 is 16.0 Å². The van der Waals surface area contributed by atoms with Crippen LogP contribution in [0.15, 0.2) is 48.5 Å². The van der Waals surface area contributed by atoms with Crippen molar-refractivity contribution in [3.05, 3.63) is 59.9 Å². The second kappa shape index (κ2) is 7.82. The van der Waals surface area contributed by atoms with Crippen molar-refractivity contribution >= 4 is 35.1 Å². The van der Waals surface area contributed by atoms with Crippen LogP contribution in [-0.2, 0) is 19.9 Å². The van der Waals surface area contributed by atoms with Gasteiger partial charge in [0.05, 0.1) is 0 Å². The third-order valence-electron chi connectivity index (χ3n) is 5.36. The highest BCUT2D eigenvalue weighted by molar-refractivity contribution is 6.10. The molecular formula is C22H21FN4O4. The second-order valence-corrected chi connectivity index (χ2v) is 7.85. The van der Waals surface area contributed by atoms with Gasteiger partial charge in [0, 0.05) is 17.3 Å². The number of nitrogens with zero attached hydrogens (tertiary/aromatic N) is 1. The van der Waals surface area contributed by atoms with Crippen LogP contribution in [0.5, 0.6) is 0 Å². The molecule has 1 unspecified atom stereocenters. The summed E-state index contributed by atoms with van der Waals surface area (Å²) >= 11 is 0. The maximum atomic E-state index is 13.2. The van der Waals surface area contributed by atoms with E-state index in [0.29, 0.717) is 16.9 Å². The summed E-state index contributed by atoms with van der Waals surface area (Å²) in [6, 6.07) is 11.1. The molecule has 2 aromatic carbocycles. The summed E-state index contributed by atoms with van der Waals surface area (Å²) in [5.41, 5.74) is -0.00674. The number of amides is 5. The van der Waals surface area contributed by atoms with Crippen molar-refractivity contribution in [2.45, 2.75) is 25.3 Å². The van der Waals surface area contributed by atoms with Gasteiger partial charge in [-0.25, -0.2) is 9.18 Å². The Hall–Kier alpha value is -3.75. The van der Waals surface area contributed by atoms with Gasteiger partial charge in [-0.15, -0.1) is 0 Å². The van der Waals surface area contributed by atoms with Gasteiger partial charge in [-0.1, -0.05) is 18.2 Å². The molecule has 3 N–H and O–H groups in total. The number of hydrogen-bond acceptors (Lipinski definition) is 4. The van der Waals surface area contributed by atoms with Crippen LogP contribution in [0.25, 0.3) is 0 Å². The summed E-state index contributed by atoms with van der Waals surface area (Å²) in [6.07, 6.45) is 1.76. The molecule has 31 heavy (non-hydrogen) atoms. The van der Waals surface area contributed by atoms with Crippen LogP contribution in [0.1, 0.15) is 25.3 Å². The topological polar surface area (TPSA) is 108 Å². The molecule has 1 aliphatic heterocycles. The average Bonchev–Trinajstić information content (AvgIpc) is 3.54. The summed E-state index contributed by atoms with van der Waals surface area (Å²) in [7, 11) is 0. The highest BCUT2D eigenvalue weighted by Gasteiger charge is 2.49. The fourth-order valence-electron chi connectivity index (χ4n) is 3.43. The third kappa shape index (κ3) is 4.25. The molecule has 0 spiro atoms. The Bertz CT molecular complexity index is 1070. The van der Waals surface area contributed by atoms with E-state index in [2.05, 4.69) is 16.0 Å². The van der Waals surface area contributed by atoms with Crippen molar-refractivity contribution in [2.75, 3.05) is 17.2 Å². The Labute approximate surface area is 177 Å². The van der Waals surface area contributed by atoms with E-state index in [1.807, 2.05) is 0 Å². The second-order valence-electron chi connectivity index (χ2n) is 7.85. The maximum Gasteiger partial charge on any atom is 0.325 e. The van der Waals surface area contributed by atoms with E-state index in [9.17, 15) is 23.6 Å². The van der Waals surface area contributed by atoms with E-state index in [-0.39, 0.29) is 11.8 Å². The van der Waals surface area contributed by atoms with Crippen molar-refractivity contribution in [2.24, 2.45) is 5.92 Å². The van der Waals surface area contributed by atoms with Crippen LogP contribution in [0.4, 0.5) is 20.6 Å². The van der Waals surface area contributed by atoms with Gasteiger partial charge in [0.15, 0.2) is 0 Å². The summed E-state index contributed by atoms with van der Waals surface area (Å²) in [5, 5.41) is 7.99. The molecule has 2 aliphatic rings. The van der Waals surface area contributed by atoms with Crippen LogP contribution in [-0.4, -0.2) is 35.2 Å². The van der Waals surface area contributed by atoms with Crippen molar-refractivity contribution in [3.63, 3.8) is 0 Å². The molecule has 0 aromatic heterocycles. The predicted octanol–water partition coefficient (Wildman–Crippen LogP) is 2.58. The number of anilines is 2. The first-order valence-corrected chi connectivity index (χ1v) is 9.87. The first-order valence-electron chi connectivity index (χ1n) is 9.87. The number of urea groups is 1. The van der Waals surface area contributed by atoms with Gasteiger partial charge in [0.1, 0.15) is 17.9 Å². The van der Waals surface area contributed by atoms with E-state index < -0.39 is 35.7 Å². The number of rotatable bonds is 6. The van der Waals surface area contributed by atoms with Gasteiger partial charge in [-0.3, -0.25) is 19.3 Å². The number of carbonyl (C=O) groups excluding carboxylic acids is 4. The molecule has 4 rings (SSSR count). The number of imide groups is 1. The molecule has 8 nitrogen and oxygen atoms in total. The van der Waals surface area contributed by atoms with E-state index >= 15 is 0 Å². The molecule has 1 atom stereocenters. The van der Waals surface area contributed by atoms with Gasteiger partial charge in [-0.2, -0.15) is 0 Å². The SMILES string of the molecule is CC1(c2ccc(F)cc2)NC(=O)N(CC(=O)Nc2cccc(NC(=O)C3CC3)c2)C1=O. The number of nitrogens with one attached hydrogen (secondary N) is 3. The Morgan fingerprint density at radius 1 is 1.10 bits per heavy atom. The molecule has 2 fully saturated rings. The number of benzene rings is 2. The molecule has 0 bridgehead atoms. The zero-order valence-corrected chi connectivity index (χ0v) is 16.8. The Kier molecular flexibility index (Phi) is 5.18. The molecule has 1 aliphatic carbocycles. The zero-order valence-electron chi connectivity index (χ0n) is 16.8. The number of halogens is 1. The lowest BCUT2D eigenvalue weighted by Gasteiger charge is -2.22. The zero-order chi connectivity index (χ0) is 22.2. The highest BCUT2D eigenvalue weighted by Crippen LogP contribution is 2.31. The molecule has 160 valence electrons. The first-order chi connectivity index (χ1) is 14.8. The predicted molar refractivity (Wildman–Crippen MR) is 110 cm³/mol. The molecule has 5 amide bonds.